The zero-order valence-corrected chi connectivity index (χ0v) is 12.3. The van der Waals surface area contributed by atoms with Crippen molar-refractivity contribution >= 4 is 27.6 Å². The quantitative estimate of drug-likeness (QED) is 0.867. The van der Waals surface area contributed by atoms with Gasteiger partial charge in [-0.3, -0.25) is 0 Å². The third-order valence-electron chi connectivity index (χ3n) is 3.81. The average molecular weight is 312 g/mol. The molecule has 0 bridgehead atoms. The molecule has 0 amide bonds. The first-order chi connectivity index (χ1) is 8.58. The molecule has 0 aliphatic heterocycles. The van der Waals surface area contributed by atoms with Crippen LogP contribution < -0.4 is 5.32 Å². The normalized spacial score (nSPS) is 26.9. The van der Waals surface area contributed by atoms with Gasteiger partial charge in [-0.2, -0.15) is 0 Å². The second-order valence-corrected chi connectivity index (χ2v) is 5.80. The number of halogens is 1. The minimum absolute atomic E-state index is 0.157. The van der Waals surface area contributed by atoms with Crippen LogP contribution in [-0.2, 0) is 9.53 Å². The van der Waals surface area contributed by atoms with Crippen LogP contribution in [0.3, 0.4) is 0 Å². The highest BCUT2D eigenvalue weighted by atomic mass is 79.9. The van der Waals surface area contributed by atoms with Gasteiger partial charge in [0.05, 0.1) is 7.11 Å². The molecule has 1 aromatic rings. The van der Waals surface area contributed by atoms with Crippen molar-refractivity contribution in [3.8, 4) is 0 Å². The lowest BCUT2D eigenvalue weighted by molar-refractivity contribution is -0.147. The number of anilines is 1. The van der Waals surface area contributed by atoms with Crippen LogP contribution in [-0.4, -0.2) is 18.6 Å². The molecule has 98 valence electrons. The molecular weight excluding hydrogens is 294 g/mol. The van der Waals surface area contributed by atoms with E-state index in [0.29, 0.717) is 0 Å². The Hall–Kier alpha value is -1.03. The lowest BCUT2D eigenvalue weighted by atomic mass is 9.88. The highest BCUT2D eigenvalue weighted by molar-refractivity contribution is 9.10. The number of esters is 1. The third kappa shape index (κ3) is 2.39. The fourth-order valence-electron chi connectivity index (χ4n) is 2.69. The Morgan fingerprint density at radius 2 is 2.11 bits per heavy atom. The zero-order valence-electron chi connectivity index (χ0n) is 10.7. The maximum atomic E-state index is 12.1. The predicted octanol–water partition coefficient (Wildman–Crippen LogP) is 3.59. The standard InChI is InChI=1S/C14H18BrNO2/c1-10-4-3-9-14(10,13(17)18-2)16-12-7-5-11(15)6-8-12/h5-8,10,16H,3-4,9H2,1-2H3. The number of carbonyl (C=O) groups is 1. The van der Waals surface area contributed by atoms with Crippen molar-refractivity contribution in [3.05, 3.63) is 28.7 Å². The summed E-state index contributed by atoms with van der Waals surface area (Å²) in [5.74, 6) is 0.129. The Morgan fingerprint density at radius 1 is 1.44 bits per heavy atom. The SMILES string of the molecule is COC(=O)C1(Nc2ccc(Br)cc2)CCCC1C. The topological polar surface area (TPSA) is 38.3 Å². The van der Waals surface area contributed by atoms with Crippen molar-refractivity contribution in [2.45, 2.75) is 31.7 Å². The largest absolute Gasteiger partial charge is 0.467 e. The second kappa shape index (κ2) is 5.31. The molecule has 0 aromatic heterocycles. The number of hydrogen-bond acceptors (Lipinski definition) is 3. The van der Waals surface area contributed by atoms with Crippen LogP contribution in [0.2, 0.25) is 0 Å². The van der Waals surface area contributed by atoms with Gasteiger partial charge < -0.3 is 10.1 Å². The van der Waals surface area contributed by atoms with E-state index in [4.69, 9.17) is 4.74 Å². The van der Waals surface area contributed by atoms with E-state index in [-0.39, 0.29) is 11.9 Å². The summed E-state index contributed by atoms with van der Waals surface area (Å²) in [6, 6.07) is 7.87. The molecule has 2 unspecified atom stereocenters. The van der Waals surface area contributed by atoms with Gasteiger partial charge in [0.1, 0.15) is 5.54 Å². The van der Waals surface area contributed by atoms with Crippen molar-refractivity contribution in [1.29, 1.82) is 0 Å². The first kappa shape index (κ1) is 13.4. The first-order valence-electron chi connectivity index (χ1n) is 6.20. The van der Waals surface area contributed by atoms with E-state index < -0.39 is 5.54 Å². The Bertz CT molecular complexity index is 432. The second-order valence-electron chi connectivity index (χ2n) is 4.89. The Labute approximate surface area is 116 Å². The van der Waals surface area contributed by atoms with Crippen LogP contribution in [0.5, 0.6) is 0 Å². The van der Waals surface area contributed by atoms with E-state index in [9.17, 15) is 4.79 Å². The molecule has 2 rings (SSSR count). The number of hydrogen-bond donors (Lipinski definition) is 1. The van der Waals surface area contributed by atoms with Gasteiger partial charge in [0.2, 0.25) is 0 Å². The number of methoxy groups -OCH3 is 1. The lowest BCUT2D eigenvalue weighted by Crippen LogP contribution is -2.49. The van der Waals surface area contributed by atoms with Gasteiger partial charge >= 0.3 is 5.97 Å². The maximum Gasteiger partial charge on any atom is 0.331 e. The summed E-state index contributed by atoms with van der Waals surface area (Å²) < 4.78 is 6.02. The highest BCUT2D eigenvalue weighted by Gasteiger charge is 2.47. The summed E-state index contributed by atoms with van der Waals surface area (Å²) in [5.41, 5.74) is 0.389. The van der Waals surface area contributed by atoms with E-state index in [1.165, 1.54) is 7.11 Å². The van der Waals surface area contributed by atoms with E-state index in [1.807, 2.05) is 24.3 Å². The Morgan fingerprint density at radius 3 is 2.61 bits per heavy atom. The van der Waals surface area contributed by atoms with Crippen LogP contribution in [0.15, 0.2) is 28.7 Å². The summed E-state index contributed by atoms with van der Waals surface area (Å²) in [4.78, 5) is 12.1. The monoisotopic (exact) mass is 311 g/mol. The van der Waals surface area contributed by atoms with E-state index >= 15 is 0 Å². The molecule has 0 spiro atoms. The molecule has 1 aliphatic rings. The molecule has 1 aromatic carbocycles. The molecule has 4 heteroatoms. The number of rotatable bonds is 3. The lowest BCUT2D eigenvalue weighted by Gasteiger charge is -2.32. The van der Waals surface area contributed by atoms with E-state index in [1.54, 1.807) is 0 Å². The van der Waals surface area contributed by atoms with Crippen molar-refractivity contribution in [2.24, 2.45) is 5.92 Å². The molecule has 1 aliphatic carbocycles. The van der Waals surface area contributed by atoms with Crippen LogP contribution in [0.25, 0.3) is 0 Å². The van der Waals surface area contributed by atoms with Gasteiger partial charge in [-0.25, -0.2) is 4.79 Å². The predicted molar refractivity (Wildman–Crippen MR) is 75.5 cm³/mol. The molecule has 0 heterocycles. The summed E-state index contributed by atoms with van der Waals surface area (Å²) in [7, 11) is 1.46. The third-order valence-corrected chi connectivity index (χ3v) is 4.34. The summed E-state index contributed by atoms with van der Waals surface area (Å²) in [5, 5.41) is 3.39. The van der Waals surface area contributed by atoms with Crippen LogP contribution >= 0.6 is 15.9 Å². The van der Waals surface area contributed by atoms with Gasteiger partial charge in [-0.1, -0.05) is 29.3 Å². The fourth-order valence-corrected chi connectivity index (χ4v) is 2.96. The van der Waals surface area contributed by atoms with Crippen molar-refractivity contribution < 1.29 is 9.53 Å². The van der Waals surface area contributed by atoms with E-state index in [0.717, 1.165) is 29.4 Å². The Kier molecular flexibility index (Phi) is 3.95. The minimum Gasteiger partial charge on any atom is -0.467 e. The molecule has 2 atom stereocenters. The smallest absolute Gasteiger partial charge is 0.331 e. The maximum absolute atomic E-state index is 12.1. The van der Waals surface area contributed by atoms with Gasteiger partial charge in [-0.15, -0.1) is 0 Å². The summed E-state index contributed by atoms with van der Waals surface area (Å²) in [6.45, 7) is 2.11. The molecule has 0 radical (unpaired) electrons. The number of nitrogens with one attached hydrogen (secondary N) is 1. The average Bonchev–Trinajstić information content (AvgIpc) is 2.74. The number of carbonyl (C=O) groups excluding carboxylic acids is 1. The molecule has 1 N–H and O–H groups in total. The minimum atomic E-state index is -0.567. The zero-order chi connectivity index (χ0) is 13.2. The first-order valence-corrected chi connectivity index (χ1v) is 7.00. The summed E-state index contributed by atoms with van der Waals surface area (Å²) in [6.07, 6.45) is 2.94. The fraction of sp³-hybridized carbons (Fsp3) is 0.500. The highest BCUT2D eigenvalue weighted by Crippen LogP contribution is 2.39. The Balaban J connectivity index is 2.26. The number of ether oxygens (including phenoxy) is 1. The summed E-state index contributed by atoms with van der Waals surface area (Å²) >= 11 is 3.41. The van der Waals surface area contributed by atoms with Crippen molar-refractivity contribution in [1.82, 2.24) is 0 Å². The molecule has 1 saturated carbocycles. The van der Waals surface area contributed by atoms with Crippen molar-refractivity contribution in [3.63, 3.8) is 0 Å². The molecule has 3 nitrogen and oxygen atoms in total. The van der Waals surface area contributed by atoms with Gasteiger partial charge in [0.25, 0.3) is 0 Å². The molecule has 0 saturated heterocycles. The molecular formula is C14H18BrNO2. The van der Waals surface area contributed by atoms with Gasteiger partial charge in [-0.05, 0) is 43.0 Å². The van der Waals surface area contributed by atoms with Gasteiger partial charge in [0.15, 0.2) is 0 Å². The van der Waals surface area contributed by atoms with Crippen molar-refractivity contribution in [2.75, 3.05) is 12.4 Å². The molecule has 18 heavy (non-hydrogen) atoms. The molecule has 1 fully saturated rings. The van der Waals surface area contributed by atoms with Crippen LogP contribution in [0.1, 0.15) is 26.2 Å². The van der Waals surface area contributed by atoms with Crippen LogP contribution in [0, 0.1) is 5.92 Å². The van der Waals surface area contributed by atoms with E-state index in [2.05, 4.69) is 28.2 Å². The van der Waals surface area contributed by atoms with Crippen LogP contribution in [0.4, 0.5) is 5.69 Å². The number of benzene rings is 1. The van der Waals surface area contributed by atoms with Gasteiger partial charge in [0, 0.05) is 10.2 Å².